The van der Waals surface area contributed by atoms with Gasteiger partial charge in [0.05, 0.1) is 0 Å². The van der Waals surface area contributed by atoms with Crippen molar-refractivity contribution in [2.45, 2.75) is 35.1 Å². The number of benzene rings is 2. The fraction of sp³-hybridized carbons (Fsp3) is 0.143. The predicted octanol–water partition coefficient (Wildman–Crippen LogP) is 7.92. The number of hydrogen-bond acceptors (Lipinski definition) is 6. The average Bonchev–Trinajstić information content (AvgIpc) is 3.71. The van der Waals surface area contributed by atoms with Crippen LogP contribution in [0, 0.1) is 0 Å². The van der Waals surface area contributed by atoms with Crippen LogP contribution in [0.1, 0.15) is 25.0 Å². The van der Waals surface area contributed by atoms with E-state index < -0.39 is 19.1 Å². The number of aromatic nitrogens is 1. The molecule has 5 aromatic rings. The number of halogens is 1. The van der Waals surface area contributed by atoms with Crippen LogP contribution in [0.2, 0.25) is 0 Å². The second kappa shape index (κ2) is 12.0. The molecule has 0 aliphatic rings. The van der Waals surface area contributed by atoms with Crippen molar-refractivity contribution >= 4 is 52.4 Å². The molecule has 0 fully saturated rings. The van der Waals surface area contributed by atoms with Crippen molar-refractivity contribution in [1.29, 1.82) is 0 Å². The largest absolute Gasteiger partial charge is 0.277 e. The van der Waals surface area contributed by atoms with Crippen LogP contribution in [-0.4, -0.2) is 20.8 Å². The Kier molecular flexibility index (Phi) is 8.95. The Morgan fingerprint density at radius 1 is 0.632 bits per heavy atom. The third-order valence-corrected chi connectivity index (χ3v) is 12.3. The van der Waals surface area contributed by atoms with Gasteiger partial charge in [0.1, 0.15) is 8.42 Å². The van der Waals surface area contributed by atoms with Crippen molar-refractivity contribution in [3.63, 3.8) is 0 Å². The molecule has 5 nitrogen and oxygen atoms in total. The van der Waals surface area contributed by atoms with Gasteiger partial charge in [-0.2, -0.15) is 8.42 Å². The van der Waals surface area contributed by atoms with Crippen molar-refractivity contribution in [3.05, 3.63) is 108 Å². The topological polar surface area (TPSA) is 73.2 Å². The first-order chi connectivity index (χ1) is 18.1. The Labute approximate surface area is 236 Å². The van der Waals surface area contributed by atoms with Crippen LogP contribution >= 0.6 is 33.4 Å². The molecule has 0 aliphatic carbocycles. The molecule has 2 aromatic carbocycles. The van der Waals surface area contributed by atoms with Crippen LogP contribution < -0.4 is 0 Å². The second-order valence-electron chi connectivity index (χ2n) is 8.29. The molecule has 0 saturated carbocycles. The highest BCUT2D eigenvalue weighted by atomic mass is 35.7. The number of thiophene rings is 2. The minimum absolute atomic E-state index is 0.189. The summed E-state index contributed by atoms with van der Waals surface area (Å²) in [6, 6.07) is 26.6. The Morgan fingerprint density at radius 3 is 1.45 bits per heavy atom. The van der Waals surface area contributed by atoms with Crippen molar-refractivity contribution < 1.29 is 16.8 Å². The quantitative estimate of drug-likeness (QED) is 0.177. The minimum Gasteiger partial charge on any atom is -0.248 e. The predicted molar refractivity (Wildman–Crippen MR) is 158 cm³/mol. The molecule has 10 heteroatoms. The van der Waals surface area contributed by atoms with Crippen LogP contribution in [0.25, 0.3) is 20.9 Å². The molecule has 3 aromatic heterocycles. The van der Waals surface area contributed by atoms with Crippen molar-refractivity contribution in [1.82, 2.24) is 3.97 Å². The minimum atomic E-state index is -3.61. The standard InChI is InChI=1S/C16H15NO2S2.C12H11ClO2S2/c1-2-13-5-7-14(8-6-13)15-9-10-16(20-15)21(18,19)17-11-3-4-12-17;1-2-9-3-5-10(6-4-9)11-7-8-12(16-11)17(13,14)15/h3-12H,2H2,1H3;3-8H,2H2,1H3. The van der Waals surface area contributed by atoms with Crippen molar-refractivity contribution in [3.8, 4) is 20.9 Å². The maximum absolute atomic E-state index is 12.4. The Balaban J connectivity index is 0.000000181. The molecule has 3 heterocycles. The van der Waals surface area contributed by atoms with Crippen LogP contribution in [0.4, 0.5) is 0 Å². The fourth-order valence-electron chi connectivity index (χ4n) is 3.61. The van der Waals surface area contributed by atoms with E-state index in [-0.39, 0.29) is 4.21 Å². The Bertz CT molecular complexity index is 1700. The van der Waals surface area contributed by atoms with Crippen molar-refractivity contribution in [2.75, 3.05) is 0 Å². The maximum Gasteiger partial charge on any atom is 0.277 e. The third-order valence-electron chi connectivity index (χ3n) is 5.81. The molecule has 38 heavy (non-hydrogen) atoms. The SMILES string of the molecule is CCc1ccc(-c2ccc(S(=O)(=O)Cl)s2)cc1.CCc1ccc(-c2ccc(S(=O)(=O)n3cccc3)s2)cc1. The molecule has 0 spiro atoms. The van der Waals surface area contributed by atoms with Gasteiger partial charge < -0.3 is 0 Å². The van der Waals surface area contributed by atoms with E-state index in [2.05, 4.69) is 26.0 Å². The summed E-state index contributed by atoms with van der Waals surface area (Å²) in [6.07, 6.45) is 5.08. The molecule has 5 rings (SSSR count). The van der Waals surface area contributed by atoms with Gasteiger partial charge >= 0.3 is 0 Å². The molecule has 0 N–H and O–H groups in total. The molecule has 0 unspecified atom stereocenters. The summed E-state index contributed by atoms with van der Waals surface area (Å²) in [7, 11) is -1.78. The first kappa shape index (κ1) is 28.3. The summed E-state index contributed by atoms with van der Waals surface area (Å²) in [5, 5.41) is 0. The molecule has 0 bridgehead atoms. The van der Waals surface area contributed by atoms with Crippen molar-refractivity contribution in [2.24, 2.45) is 0 Å². The molecule has 0 radical (unpaired) electrons. The number of nitrogens with zero attached hydrogens (tertiary/aromatic N) is 1. The van der Waals surface area contributed by atoms with Gasteiger partial charge in [-0.15, -0.1) is 22.7 Å². The lowest BCUT2D eigenvalue weighted by molar-refractivity contribution is 0.589. The lowest BCUT2D eigenvalue weighted by Gasteiger charge is -2.02. The van der Waals surface area contributed by atoms with Crippen LogP contribution in [0.15, 0.2) is 106 Å². The highest BCUT2D eigenvalue weighted by Gasteiger charge is 2.18. The molecule has 0 saturated heterocycles. The number of aryl methyl sites for hydroxylation is 2. The highest BCUT2D eigenvalue weighted by molar-refractivity contribution is 8.15. The third kappa shape index (κ3) is 6.65. The van der Waals surface area contributed by atoms with E-state index in [0.717, 1.165) is 33.7 Å². The van der Waals surface area contributed by atoms with Gasteiger partial charge in [0.2, 0.25) is 0 Å². The van der Waals surface area contributed by atoms with Gasteiger partial charge in [-0.3, -0.25) is 0 Å². The molecule has 198 valence electrons. The highest BCUT2D eigenvalue weighted by Crippen LogP contribution is 2.33. The monoisotopic (exact) mass is 603 g/mol. The number of hydrogen-bond donors (Lipinski definition) is 0. The molecule has 0 aliphatic heterocycles. The zero-order valence-electron chi connectivity index (χ0n) is 20.7. The van der Waals surface area contributed by atoms with E-state index >= 15 is 0 Å². The lowest BCUT2D eigenvalue weighted by atomic mass is 10.1. The average molecular weight is 604 g/mol. The van der Waals surface area contributed by atoms with Gasteiger partial charge in [0, 0.05) is 32.8 Å². The summed E-state index contributed by atoms with van der Waals surface area (Å²) < 4.78 is 48.9. The second-order valence-corrected chi connectivity index (χ2v) is 15.3. The van der Waals surface area contributed by atoms with E-state index in [9.17, 15) is 16.8 Å². The summed E-state index contributed by atoms with van der Waals surface area (Å²) >= 11 is 2.48. The van der Waals surface area contributed by atoms with Gasteiger partial charge in [-0.25, -0.2) is 12.4 Å². The van der Waals surface area contributed by atoms with Gasteiger partial charge in [-0.05, 0) is 71.5 Å². The summed E-state index contributed by atoms with van der Waals surface area (Å²) in [6.45, 7) is 4.21. The van der Waals surface area contributed by atoms with E-state index in [1.165, 1.54) is 43.8 Å². The Hall–Kier alpha value is -2.69. The first-order valence-corrected chi connectivity index (χ1v) is 17.2. The molecule has 0 atom stereocenters. The van der Waals surface area contributed by atoms with Gasteiger partial charge in [0.15, 0.2) is 0 Å². The normalized spacial score (nSPS) is 11.7. The summed E-state index contributed by atoms with van der Waals surface area (Å²) in [5.41, 5.74) is 4.59. The van der Waals surface area contributed by atoms with E-state index in [1.54, 1.807) is 36.7 Å². The van der Waals surface area contributed by atoms with Gasteiger partial charge in [-0.1, -0.05) is 62.4 Å². The summed E-state index contributed by atoms with van der Waals surface area (Å²) in [5.74, 6) is 0. The van der Waals surface area contributed by atoms with Crippen LogP contribution in [0.3, 0.4) is 0 Å². The molecular formula is C28H26ClNO4S4. The molecule has 0 amide bonds. The number of rotatable bonds is 7. The van der Waals surface area contributed by atoms with E-state index in [0.29, 0.717) is 4.21 Å². The Morgan fingerprint density at radius 2 is 1.05 bits per heavy atom. The lowest BCUT2D eigenvalue weighted by Crippen LogP contribution is -2.08. The maximum atomic E-state index is 12.4. The first-order valence-electron chi connectivity index (χ1n) is 11.8. The van der Waals surface area contributed by atoms with E-state index in [1.807, 2.05) is 42.5 Å². The van der Waals surface area contributed by atoms with Gasteiger partial charge in [0.25, 0.3) is 19.1 Å². The van der Waals surface area contributed by atoms with E-state index in [4.69, 9.17) is 10.7 Å². The summed E-state index contributed by atoms with van der Waals surface area (Å²) in [4.78, 5) is 1.87. The van der Waals surface area contributed by atoms with Crippen LogP contribution in [-0.2, 0) is 31.9 Å². The molecular weight excluding hydrogens is 578 g/mol. The zero-order valence-corrected chi connectivity index (χ0v) is 24.8. The fourth-order valence-corrected chi connectivity index (χ4v) is 8.29. The van der Waals surface area contributed by atoms with Crippen LogP contribution in [0.5, 0.6) is 0 Å². The zero-order chi connectivity index (χ0) is 27.3. The smallest absolute Gasteiger partial charge is 0.248 e.